The number of aryl methyl sites for hydroxylation is 1. The fraction of sp³-hybridized carbons (Fsp3) is 0.400. The number of benzene rings is 1. The molecule has 7 nitrogen and oxygen atoms in total. The van der Waals surface area contributed by atoms with Crippen molar-refractivity contribution in [2.75, 3.05) is 44.3 Å². The van der Waals surface area contributed by atoms with Crippen LogP contribution in [0, 0.1) is 0 Å². The molecule has 0 radical (unpaired) electrons. The van der Waals surface area contributed by atoms with Gasteiger partial charge in [-0.15, -0.1) is 0 Å². The van der Waals surface area contributed by atoms with E-state index in [-0.39, 0.29) is 0 Å². The normalized spacial score (nSPS) is 15.1. The lowest BCUT2D eigenvalue weighted by Gasteiger charge is -2.30. The summed E-state index contributed by atoms with van der Waals surface area (Å²) in [5, 5.41) is 8.42. The highest BCUT2D eigenvalue weighted by atomic mass is 16.5. The Bertz CT molecular complexity index is 839. The number of ether oxygens (including phenoxy) is 1. The van der Waals surface area contributed by atoms with Gasteiger partial charge in [0, 0.05) is 56.7 Å². The van der Waals surface area contributed by atoms with E-state index in [1.165, 1.54) is 5.69 Å². The zero-order chi connectivity index (χ0) is 18.5. The second-order valence-corrected chi connectivity index (χ2v) is 6.79. The van der Waals surface area contributed by atoms with Gasteiger partial charge in [-0.05, 0) is 12.1 Å². The molecule has 3 aromatic rings. The predicted molar refractivity (Wildman–Crippen MR) is 103 cm³/mol. The van der Waals surface area contributed by atoms with Crippen LogP contribution < -0.4 is 4.90 Å². The van der Waals surface area contributed by atoms with E-state index < -0.39 is 0 Å². The molecule has 0 bridgehead atoms. The molecule has 0 atom stereocenters. The van der Waals surface area contributed by atoms with E-state index in [4.69, 9.17) is 9.26 Å². The molecule has 0 N–H and O–H groups in total. The lowest BCUT2D eigenvalue weighted by atomic mass is 10.2. The van der Waals surface area contributed by atoms with Gasteiger partial charge in [0.05, 0.1) is 26.0 Å². The highest BCUT2D eigenvalue weighted by Gasteiger charge is 2.16. The summed E-state index contributed by atoms with van der Waals surface area (Å²) in [6.45, 7) is 6.24. The summed E-state index contributed by atoms with van der Waals surface area (Å²) >= 11 is 0. The average molecular weight is 367 g/mol. The minimum Gasteiger partial charge on any atom is -0.379 e. The summed E-state index contributed by atoms with van der Waals surface area (Å²) in [4.78, 5) is 4.78. The average Bonchev–Trinajstić information content (AvgIpc) is 3.35. The smallest absolute Gasteiger partial charge is 0.156 e. The van der Waals surface area contributed by atoms with Crippen LogP contribution in [0.25, 0.3) is 11.3 Å². The number of anilines is 1. The molecular formula is C20H25N5O2. The van der Waals surface area contributed by atoms with Crippen LogP contribution in [0.2, 0.25) is 0 Å². The molecule has 1 fully saturated rings. The third kappa shape index (κ3) is 4.56. The lowest BCUT2D eigenvalue weighted by Crippen LogP contribution is -2.41. The fourth-order valence-electron chi connectivity index (χ4n) is 3.29. The van der Waals surface area contributed by atoms with Gasteiger partial charge in [0.1, 0.15) is 5.69 Å². The molecule has 1 aliphatic heterocycles. The third-order valence-electron chi connectivity index (χ3n) is 4.82. The summed E-state index contributed by atoms with van der Waals surface area (Å²) in [6.07, 6.45) is 3.74. The number of hydrogen-bond acceptors (Lipinski definition) is 6. The van der Waals surface area contributed by atoms with E-state index in [1.807, 2.05) is 25.4 Å². The third-order valence-corrected chi connectivity index (χ3v) is 4.82. The molecular weight excluding hydrogens is 342 g/mol. The molecule has 2 aromatic heterocycles. The topological polar surface area (TPSA) is 59.6 Å². The van der Waals surface area contributed by atoms with Crippen molar-refractivity contribution in [3.8, 4) is 11.3 Å². The van der Waals surface area contributed by atoms with Crippen molar-refractivity contribution in [1.29, 1.82) is 0 Å². The fourth-order valence-corrected chi connectivity index (χ4v) is 3.29. The maximum absolute atomic E-state index is 5.61. The Balaban J connectivity index is 1.46. The quantitative estimate of drug-likeness (QED) is 0.639. The Hall–Kier alpha value is -2.64. The van der Waals surface area contributed by atoms with Gasteiger partial charge in [-0.2, -0.15) is 5.10 Å². The van der Waals surface area contributed by atoms with Crippen molar-refractivity contribution < 1.29 is 9.26 Å². The zero-order valence-electron chi connectivity index (χ0n) is 15.6. The first kappa shape index (κ1) is 17.8. The predicted octanol–water partition coefficient (Wildman–Crippen LogP) is 2.41. The standard InChI is InChI=1S/C20H25N5O2/c1-23-15-17(14-21-23)20-13-19(27-22-20)16-25(18-5-3-2-4-6-18)8-7-24-9-11-26-12-10-24/h2-6,13-15H,7-12,16H2,1H3. The van der Waals surface area contributed by atoms with Gasteiger partial charge in [0.15, 0.2) is 5.76 Å². The minimum absolute atomic E-state index is 0.682. The summed E-state index contributed by atoms with van der Waals surface area (Å²) in [6, 6.07) is 12.5. The summed E-state index contributed by atoms with van der Waals surface area (Å²) in [5.41, 5.74) is 2.97. The van der Waals surface area contributed by atoms with E-state index in [0.29, 0.717) is 6.54 Å². The Morgan fingerprint density at radius 1 is 1.15 bits per heavy atom. The second kappa shape index (κ2) is 8.37. The Morgan fingerprint density at radius 2 is 1.96 bits per heavy atom. The summed E-state index contributed by atoms with van der Waals surface area (Å²) in [7, 11) is 1.90. The molecule has 1 saturated heterocycles. The number of morpholine rings is 1. The van der Waals surface area contributed by atoms with E-state index in [9.17, 15) is 0 Å². The highest BCUT2D eigenvalue weighted by molar-refractivity contribution is 5.56. The SMILES string of the molecule is Cn1cc(-c2cc(CN(CCN3CCOCC3)c3ccccc3)on2)cn1. The van der Waals surface area contributed by atoms with Crippen LogP contribution in [0.4, 0.5) is 5.69 Å². The first-order valence-electron chi connectivity index (χ1n) is 9.32. The lowest BCUT2D eigenvalue weighted by molar-refractivity contribution is 0.0391. The van der Waals surface area contributed by atoms with Crippen molar-refractivity contribution in [3.05, 3.63) is 54.6 Å². The van der Waals surface area contributed by atoms with Crippen molar-refractivity contribution in [2.45, 2.75) is 6.54 Å². The Kier molecular flexibility index (Phi) is 5.50. The molecule has 4 rings (SSSR count). The van der Waals surface area contributed by atoms with Crippen LogP contribution in [0.1, 0.15) is 5.76 Å². The molecule has 0 saturated carbocycles. The number of nitrogens with zero attached hydrogens (tertiary/aromatic N) is 5. The van der Waals surface area contributed by atoms with Crippen LogP contribution in [-0.2, 0) is 18.3 Å². The van der Waals surface area contributed by atoms with Gasteiger partial charge in [0.25, 0.3) is 0 Å². The van der Waals surface area contributed by atoms with Crippen LogP contribution >= 0.6 is 0 Å². The van der Waals surface area contributed by atoms with Crippen LogP contribution in [0.15, 0.2) is 53.3 Å². The van der Waals surface area contributed by atoms with E-state index >= 15 is 0 Å². The van der Waals surface area contributed by atoms with Gasteiger partial charge in [0.2, 0.25) is 0 Å². The van der Waals surface area contributed by atoms with Crippen molar-refractivity contribution in [3.63, 3.8) is 0 Å². The van der Waals surface area contributed by atoms with E-state index in [0.717, 1.165) is 56.4 Å². The molecule has 1 aromatic carbocycles. The molecule has 7 heteroatoms. The van der Waals surface area contributed by atoms with Crippen LogP contribution in [0.3, 0.4) is 0 Å². The van der Waals surface area contributed by atoms with Gasteiger partial charge >= 0.3 is 0 Å². The van der Waals surface area contributed by atoms with Crippen LogP contribution in [0.5, 0.6) is 0 Å². The number of rotatable bonds is 7. The molecule has 0 spiro atoms. The van der Waals surface area contributed by atoms with Crippen molar-refractivity contribution >= 4 is 5.69 Å². The summed E-state index contributed by atoms with van der Waals surface area (Å²) in [5.74, 6) is 0.847. The molecule has 27 heavy (non-hydrogen) atoms. The second-order valence-electron chi connectivity index (χ2n) is 6.79. The number of hydrogen-bond donors (Lipinski definition) is 0. The van der Waals surface area contributed by atoms with Gasteiger partial charge < -0.3 is 14.2 Å². The van der Waals surface area contributed by atoms with E-state index in [1.54, 1.807) is 10.9 Å². The maximum Gasteiger partial charge on any atom is 0.156 e. The maximum atomic E-state index is 5.61. The molecule has 142 valence electrons. The number of aromatic nitrogens is 3. The van der Waals surface area contributed by atoms with Gasteiger partial charge in [-0.1, -0.05) is 23.4 Å². The highest BCUT2D eigenvalue weighted by Crippen LogP contribution is 2.21. The first-order chi connectivity index (χ1) is 13.3. The Morgan fingerprint density at radius 3 is 2.70 bits per heavy atom. The molecule has 0 unspecified atom stereocenters. The molecule has 0 amide bonds. The minimum atomic E-state index is 0.682. The van der Waals surface area contributed by atoms with Gasteiger partial charge in [-0.25, -0.2) is 0 Å². The van der Waals surface area contributed by atoms with Gasteiger partial charge in [-0.3, -0.25) is 9.58 Å². The number of para-hydroxylation sites is 1. The van der Waals surface area contributed by atoms with Crippen molar-refractivity contribution in [1.82, 2.24) is 19.8 Å². The first-order valence-corrected chi connectivity index (χ1v) is 9.32. The summed E-state index contributed by atoms with van der Waals surface area (Å²) < 4.78 is 12.8. The molecule has 0 aliphatic carbocycles. The largest absolute Gasteiger partial charge is 0.379 e. The zero-order valence-corrected chi connectivity index (χ0v) is 15.6. The van der Waals surface area contributed by atoms with E-state index in [2.05, 4.69) is 44.3 Å². The Labute approximate surface area is 159 Å². The molecule has 1 aliphatic rings. The molecule has 3 heterocycles. The monoisotopic (exact) mass is 367 g/mol. The van der Waals surface area contributed by atoms with Crippen molar-refractivity contribution in [2.24, 2.45) is 7.05 Å². The van der Waals surface area contributed by atoms with Crippen LogP contribution in [-0.4, -0.2) is 59.2 Å².